The van der Waals surface area contributed by atoms with Crippen LogP contribution in [0.5, 0.6) is 0 Å². The minimum absolute atomic E-state index is 0.0916. The van der Waals surface area contributed by atoms with Gasteiger partial charge in [-0.05, 0) is 43.5 Å². The summed E-state index contributed by atoms with van der Waals surface area (Å²) in [6, 6.07) is 8.68. The largest absolute Gasteiger partial charge is 0.428 e. The zero-order valence-electron chi connectivity index (χ0n) is 11.7. The minimum Gasteiger partial charge on any atom is -0.428 e. The van der Waals surface area contributed by atoms with Crippen LogP contribution in [-0.2, 0) is 14.3 Å². The van der Waals surface area contributed by atoms with Gasteiger partial charge in [-0.15, -0.1) is 6.58 Å². The van der Waals surface area contributed by atoms with Crippen LogP contribution >= 0.6 is 0 Å². The molecule has 0 saturated heterocycles. The molecule has 0 N–H and O–H groups in total. The monoisotopic (exact) mass is 286 g/mol. The Morgan fingerprint density at radius 1 is 1.33 bits per heavy atom. The van der Waals surface area contributed by atoms with Gasteiger partial charge >= 0.3 is 5.97 Å². The second-order valence-electron chi connectivity index (χ2n) is 4.75. The molecule has 0 bridgehead atoms. The Labute approximate surface area is 124 Å². The number of carbonyl (C=O) groups is 2. The lowest BCUT2D eigenvalue weighted by Crippen LogP contribution is -2.34. The molecule has 2 atom stereocenters. The molecule has 2 unspecified atom stereocenters. The third kappa shape index (κ3) is 4.39. The van der Waals surface area contributed by atoms with Crippen LogP contribution in [0.1, 0.15) is 29.6 Å². The fraction of sp³-hybridized carbons (Fsp3) is 0.294. The highest BCUT2D eigenvalue weighted by Crippen LogP contribution is 2.17. The number of ether oxygens (including phenoxy) is 2. The molecule has 0 radical (unpaired) electrons. The standard InChI is InChI=1S/C17H18O4/c1-2-3-5-10-15-14(18)11-12-16(20-15)21-17(19)13-8-6-4-7-9-13/h2,4,6-9,11-12,15-16H,1,3,5,10H2. The van der Waals surface area contributed by atoms with E-state index in [1.54, 1.807) is 30.3 Å². The molecule has 1 aromatic rings. The van der Waals surface area contributed by atoms with E-state index in [4.69, 9.17) is 9.47 Å². The fourth-order valence-electron chi connectivity index (χ4n) is 2.03. The third-order valence-corrected chi connectivity index (χ3v) is 3.14. The Hall–Kier alpha value is -2.20. The SMILES string of the molecule is C=CCCCC1OC(OC(=O)c2ccccc2)C=CC1=O. The maximum atomic E-state index is 11.9. The highest BCUT2D eigenvalue weighted by atomic mass is 16.7. The summed E-state index contributed by atoms with van der Waals surface area (Å²) in [4.78, 5) is 23.6. The highest BCUT2D eigenvalue weighted by molar-refractivity contribution is 5.94. The predicted molar refractivity (Wildman–Crippen MR) is 78.7 cm³/mol. The first kappa shape index (κ1) is 15.2. The van der Waals surface area contributed by atoms with Gasteiger partial charge in [0.2, 0.25) is 6.29 Å². The Bertz CT molecular complexity index is 533. The van der Waals surface area contributed by atoms with Gasteiger partial charge in [-0.3, -0.25) is 4.79 Å². The van der Waals surface area contributed by atoms with Crippen LogP contribution in [0.2, 0.25) is 0 Å². The predicted octanol–water partition coefficient (Wildman–Crippen LogP) is 3.05. The maximum Gasteiger partial charge on any atom is 0.340 e. The Kier molecular flexibility index (Phi) is 5.46. The molecule has 1 aliphatic rings. The molecule has 1 aromatic carbocycles. The average Bonchev–Trinajstić information content (AvgIpc) is 2.51. The van der Waals surface area contributed by atoms with Crippen LogP contribution in [-0.4, -0.2) is 24.1 Å². The highest BCUT2D eigenvalue weighted by Gasteiger charge is 2.27. The minimum atomic E-state index is -0.816. The quantitative estimate of drug-likeness (QED) is 0.458. The van der Waals surface area contributed by atoms with Crippen LogP contribution in [0.3, 0.4) is 0 Å². The van der Waals surface area contributed by atoms with Crippen molar-refractivity contribution >= 4 is 11.8 Å². The number of allylic oxidation sites excluding steroid dienone is 1. The summed E-state index contributed by atoms with van der Waals surface area (Å²) in [5, 5.41) is 0. The molecule has 21 heavy (non-hydrogen) atoms. The normalized spacial score (nSPS) is 21.0. The topological polar surface area (TPSA) is 52.6 Å². The molecule has 4 nitrogen and oxygen atoms in total. The number of carbonyl (C=O) groups excluding carboxylic acids is 2. The molecule has 2 rings (SSSR count). The van der Waals surface area contributed by atoms with Gasteiger partial charge in [-0.25, -0.2) is 4.79 Å². The van der Waals surface area contributed by atoms with Crippen molar-refractivity contribution in [2.24, 2.45) is 0 Å². The zero-order chi connectivity index (χ0) is 15.1. The van der Waals surface area contributed by atoms with Crippen LogP contribution in [0, 0.1) is 0 Å². The molecule has 0 amide bonds. The van der Waals surface area contributed by atoms with E-state index in [1.165, 1.54) is 12.2 Å². The molecule has 0 spiro atoms. The summed E-state index contributed by atoms with van der Waals surface area (Å²) in [5.41, 5.74) is 0.453. The van der Waals surface area contributed by atoms with Crippen LogP contribution in [0.4, 0.5) is 0 Å². The van der Waals surface area contributed by atoms with Crippen LogP contribution < -0.4 is 0 Å². The molecule has 1 heterocycles. The fourth-order valence-corrected chi connectivity index (χ4v) is 2.03. The zero-order valence-corrected chi connectivity index (χ0v) is 11.7. The van der Waals surface area contributed by atoms with Gasteiger partial charge in [0.15, 0.2) is 5.78 Å². The lowest BCUT2D eigenvalue weighted by atomic mass is 10.1. The van der Waals surface area contributed by atoms with Crippen molar-refractivity contribution in [2.75, 3.05) is 0 Å². The molecular weight excluding hydrogens is 268 g/mol. The number of hydrogen-bond acceptors (Lipinski definition) is 4. The van der Waals surface area contributed by atoms with Gasteiger partial charge in [0.05, 0.1) is 5.56 Å². The smallest absolute Gasteiger partial charge is 0.340 e. The van der Waals surface area contributed by atoms with Crippen molar-refractivity contribution in [3.8, 4) is 0 Å². The number of esters is 1. The first-order valence-corrected chi connectivity index (χ1v) is 6.95. The molecule has 4 heteroatoms. The van der Waals surface area contributed by atoms with E-state index in [1.807, 2.05) is 6.07 Å². The summed E-state index contributed by atoms with van der Waals surface area (Å²) in [6.07, 6.45) is 5.55. The maximum absolute atomic E-state index is 11.9. The molecule has 0 saturated carbocycles. The number of rotatable bonds is 6. The molecule has 1 aliphatic heterocycles. The van der Waals surface area contributed by atoms with E-state index < -0.39 is 18.4 Å². The second-order valence-corrected chi connectivity index (χ2v) is 4.75. The molecule has 0 fully saturated rings. The summed E-state index contributed by atoms with van der Waals surface area (Å²) >= 11 is 0. The third-order valence-electron chi connectivity index (χ3n) is 3.14. The van der Waals surface area contributed by atoms with E-state index in [9.17, 15) is 9.59 Å². The average molecular weight is 286 g/mol. The van der Waals surface area contributed by atoms with Gasteiger partial charge in [0, 0.05) is 0 Å². The molecule has 110 valence electrons. The van der Waals surface area contributed by atoms with E-state index in [-0.39, 0.29) is 5.78 Å². The first-order valence-electron chi connectivity index (χ1n) is 6.95. The van der Waals surface area contributed by atoms with Crippen molar-refractivity contribution in [3.63, 3.8) is 0 Å². The molecule has 0 aliphatic carbocycles. The van der Waals surface area contributed by atoms with Crippen molar-refractivity contribution < 1.29 is 19.1 Å². The van der Waals surface area contributed by atoms with E-state index in [2.05, 4.69) is 6.58 Å². The van der Waals surface area contributed by atoms with Gasteiger partial charge in [0.25, 0.3) is 0 Å². The molecule has 0 aromatic heterocycles. The van der Waals surface area contributed by atoms with Gasteiger partial charge < -0.3 is 9.47 Å². The van der Waals surface area contributed by atoms with E-state index in [0.717, 1.165) is 12.8 Å². The number of hydrogen-bond donors (Lipinski definition) is 0. The Morgan fingerprint density at radius 3 is 2.81 bits per heavy atom. The van der Waals surface area contributed by atoms with Crippen molar-refractivity contribution in [1.29, 1.82) is 0 Å². The van der Waals surface area contributed by atoms with Crippen molar-refractivity contribution in [1.82, 2.24) is 0 Å². The van der Waals surface area contributed by atoms with Crippen LogP contribution in [0.25, 0.3) is 0 Å². The van der Waals surface area contributed by atoms with Gasteiger partial charge in [0.1, 0.15) is 6.10 Å². The van der Waals surface area contributed by atoms with Gasteiger partial charge in [-0.1, -0.05) is 24.3 Å². The van der Waals surface area contributed by atoms with E-state index in [0.29, 0.717) is 12.0 Å². The summed E-state index contributed by atoms with van der Waals surface area (Å²) in [5.74, 6) is -0.560. The van der Waals surface area contributed by atoms with Crippen LogP contribution in [0.15, 0.2) is 55.1 Å². The lowest BCUT2D eigenvalue weighted by molar-refractivity contribution is -0.150. The summed E-state index contributed by atoms with van der Waals surface area (Å²) in [7, 11) is 0. The summed E-state index contributed by atoms with van der Waals surface area (Å²) < 4.78 is 10.8. The van der Waals surface area contributed by atoms with E-state index >= 15 is 0 Å². The van der Waals surface area contributed by atoms with Crippen molar-refractivity contribution in [2.45, 2.75) is 31.7 Å². The van der Waals surface area contributed by atoms with Gasteiger partial charge in [-0.2, -0.15) is 0 Å². The molecular formula is C17H18O4. The number of unbranched alkanes of at least 4 members (excludes halogenated alkanes) is 1. The van der Waals surface area contributed by atoms with Crippen molar-refractivity contribution in [3.05, 3.63) is 60.7 Å². The first-order chi connectivity index (χ1) is 10.2. The Morgan fingerprint density at radius 2 is 2.10 bits per heavy atom. The Balaban J connectivity index is 1.92. The second kappa shape index (κ2) is 7.55. The number of benzene rings is 1. The number of ketones is 1. The summed E-state index contributed by atoms with van der Waals surface area (Å²) in [6.45, 7) is 3.64. The lowest BCUT2D eigenvalue weighted by Gasteiger charge is -2.24.